The van der Waals surface area contributed by atoms with Gasteiger partial charge in [0.15, 0.2) is 11.5 Å². The van der Waals surface area contributed by atoms with Crippen LogP contribution < -0.4 is 9.47 Å². The minimum absolute atomic E-state index is 0. The number of hydrogen-bond acceptors (Lipinski definition) is 4. The predicted octanol–water partition coefficient (Wildman–Crippen LogP) is 4.81. The molecule has 1 saturated heterocycles. The maximum absolute atomic E-state index is 10.1. The van der Waals surface area contributed by atoms with Crippen LogP contribution in [0.1, 0.15) is 24.0 Å². The SMILES string of the molecule is Br.COc1cc2c3c(c4ccc(O)cc4c2cc1OC)CN1CCC[C@H]1C3. The summed E-state index contributed by atoms with van der Waals surface area (Å²) in [6, 6.07) is 10.5. The minimum atomic E-state index is 0. The number of nitrogens with zero attached hydrogens (tertiary/aromatic N) is 1. The quantitative estimate of drug-likeness (QED) is 0.593. The van der Waals surface area contributed by atoms with E-state index in [2.05, 4.69) is 23.1 Å². The van der Waals surface area contributed by atoms with Crippen LogP contribution in [0.3, 0.4) is 0 Å². The van der Waals surface area contributed by atoms with Gasteiger partial charge in [-0.25, -0.2) is 0 Å². The van der Waals surface area contributed by atoms with Gasteiger partial charge in [0, 0.05) is 12.6 Å². The molecule has 3 aromatic carbocycles. The summed E-state index contributed by atoms with van der Waals surface area (Å²) in [5.41, 5.74) is 2.83. The summed E-state index contributed by atoms with van der Waals surface area (Å²) in [4.78, 5) is 2.61. The van der Waals surface area contributed by atoms with Crippen LogP contribution in [0.4, 0.5) is 0 Å². The van der Waals surface area contributed by atoms with Crippen molar-refractivity contribution in [3.8, 4) is 17.2 Å². The number of rotatable bonds is 2. The zero-order chi connectivity index (χ0) is 17.8. The van der Waals surface area contributed by atoms with Gasteiger partial charge in [0.1, 0.15) is 5.75 Å². The van der Waals surface area contributed by atoms with Crippen molar-refractivity contribution in [2.45, 2.75) is 31.8 Å². The highest BCUT2D eigenvalue weighted by atomic mass is 79.9. The number of hydrogen-bond donors (Lipinski definition) is 1. The molecule has 1 atom stereocenters. The highest BCUT2D eigenvalue weighted by molar-refractivity contribution is 8.93. The van der Waals surface area contributed by atoms with Gasteiger partial charge in [-0.2, -0.15) is 0 Å². The molecule has 5 heteroatoms. The number of phenols is 1. The van der Waals surface area contributed by atoms with Crippen molar-refractivity contribution in [2.24, 2.45) is 0 Å². The Kier molecular flexibility index (Phi) is 4.68. The molecular formula is C22H24BrNO3. The Morgan fingerprint density at radius 1 is 0.926 bits per heavy atom. The number of halogens is 1. The van der Waals surface area contributed by atoms with Gasteiger partial charge in [-0.15, -0.1) is 17.0 Å². The summed E-state index contributed by atoms with van der Waals surface area (Å²) in [6.07, 6.45) is 3.65. The second-order valence-corrected chi connectivity index (χ2v) is 7.41. The normalized spacial score (nSPS) is 18.8. The first-order valence-corrected chi connectivity index (χ1v) is 9.26. The van der Waals surface area contributed by atoms with Crippen molar-refractivity contribution < 1.29 is 14.6 Å². The van der Waals surface area contributed by atoms with Crippen LogP contribution in [0.5, 0.6) is 17.2 Å². The summed E-state index contributed by atoms with van der Waals surface area (Å²) in [5.74, 6) is 1.78. The Labute approximate surface area is 169 Å². The zero-order valence-corrected chi connectivity index (χ0v) is 17.3. The van der Waals surface area contributed by atoms with E-state index in [0.717, 1.165) is 35.2 Å². The molecule has 27 heavy (non-hydrogen) atoms. The molecule has 4 nitrogen and oxygen atoms in total. The van der Waals surface area contributed by atoms with Crippen LogP contribution in [0.25, 0.3) is 21.5 Å². The Morgan fingerprint density at radius 2 is 1.63 bits per heavy atom. The van der Waals surface area contributed by atoms with Crippen LogP contribution in [0, 0.1) is 0 Å². The van der Waals surface area contributed by atoms with Crippen molar-refractivity contribution >= 4 is 38.5 Å². The molecule has 0 aromatic heterocycles. The lowest BCUT2D eigenvalue weighted by molar-refractivity contribution is 0.229. The first-order valence-electron chi connectivity index (χ1n) is 9.26. The topological polar surface area (TPSA) is 41.9 Å². The van der Waals surface area contributed by atoms with E-state index in [1.807, 2.05) is 6.07 Å². The number of fused-ring (bicyclic) bond motifs is 7. The van der Waals surface area contributed by atoms with E-state index in [-0.39, 0.29) is 17.0 Å². The van der Waals surface area contributed by atoms with Crippen molar-refractivity contribution in [3.05, 3.63) is 41.5 Å². The van der Waals surface area contributed by atoms with Gasteiger partial charge in [0.05, 0.1) is 14.2 Å². The van der Waals surface area contributed by atoms with Crippen molar-refractivity contribution in [1.82, 2.24) is 4.90 Å². The van der Waals surface area contributed by atoms with E-state index in [0.29, 0.717) is 11.8 Å². The monoisotopic (exact) mass is 429 g/mol. The van der Waals surface area contributed by atoms with E-state index in [1.165, 1.54) is 41.3 Å². The second-order valence-electron chi connectivity index (χ2n) is 7.41. The molecule has 0 radical (unpaired) electrons. The zero-order valence-electron chi connectivity index (χ0n) is 15.6. The van der Waals surface area contributed by atoms with E-state index < -0.39 is 0 Å². The fourth-order valence-corrected chi connectivity index (χ4v) is 4.88. The van der Waals surface area contributed by atoms with Gasteiger partial charge in [-0.05, 0) is 82.7 Å². The summed E-state index contributed by atoms with van der Waals surface area (Å²) in [7, 11) is 3.35. The second kappa shape index (κ2) is 6.88. The third-order valence-corrected chi connectivity index (χ3v) is 6.13. The summed E-state index contributed by atoms with van der Waals surface area (Å²) in [5, 5.41) is 14.8. The maximum Gasteiger partial charge on any atom is 0.161 e. The van der Waals surface area contributed by atoms with Crippen LogP contribution in [0.2, 0.25) is 0 Å². The molecule has 0 saturated carbocycles. The van der Waals surface area contributed by atoms with Gasteiger partial charge >= 0.3 is 0 Å². The fourth-order valence-electron chi connectivity index (χ4n) is 4.88. The molecule has 2 aliphatic rings. The number of benzene rings is 3. The lowest BCUT2D eigenvalue weighted by Crippen LogP contribution is -2.35. The highest BCUT2D eigenvalue weighted by Gasteiger charge is 2.32. The smallest absolute Gasteiger partial charge is 0.161 e. The van der Waals surface area contributed by atoms with Gasteiger partial charge in [-0.3, -0.25) is 4.90 Å². The third-order valence-electron chi connectivity index (χ3n) is 6.13. The molecule has 142 valence electrons. The molecule has 1 fully saturated rings. The molecule has 2 heterocycles. The average Bonchev–Trinajstić information content (AvgIpc) is 3.13. The minimum Gasteiger partial charge on any atom is -0.508 e. The standard InChI is InChI=1S/C22H23NO3.BrH/c1-25-21-10-18-16-8-13-4-3-7-23(13)12-20(16)15-6-5-14(24)9-17(15)19(18)11-22(21)26-2;/h5-6,9-11,13,24H,3-4,7-8,12H2,1-2H3;1H/t13-;/m0./s1. The predicted molar refractivity (Wildman–Crippen MR) is 114 cm³/mol. The first-order chi connectivity index (χ1) is 12.7. The Balaban J connectivity index is 0.00000180. The van der Waals surface area contributed by atoms with Crippen molar-refractivity contribution in [1.29, 1.82) is 0 Å². The molecule has 0 bridgehead atoms. The maximum atomic E-state index is 10.1. The number of phenolic OH excluding ortho intramolecular Hbond substituents is 1. The molecule has 5 rings (SSSR count). The number of ether oxygens (including phenoxy) is 2. The van der Waals surface area contributed by atoms with Gasteiger partial charge in [-0.1, -0.05) is 6.07 Å². The summed E-state index contributed by atoms with van der Waals surface area (Å²) < 4.78 is 11.1. The molecule has 2 aliphatic heterocycles. The summed E-state index contributed by atoms with van der Waals surface area (Å²) >= 11 is 0. The van der Waals surface area contributed by atoms with E-state index in [9.17, 15) is 5.11 Å². The largest absolute Gasteiger partial charge is 0.508 e. The van der Waals surface area contributed by atoms with E-state index >= 15 is 0 Å². The van der Waals surface area contributed by atoms with Gasteiger partial charge in [0.2, 0.25) is 0 Å². The van der Waals surface area contributed by atoms with Crippen LogP contribution in [-0.2, 0) is 13.0 Å². The third kappa shape index (κ3) is 2.75. The Hall–Kier alpha value is -1.98. The Bertz CT molecular complexity index is 1030. The molecule has 0 amide bonds. The molecule has 1 N–H and O–H groups in total. The van der Waals surface area contributed by atoms with Crippen molar-refractivity contribution in [2.75, 3.05) is 20.8 Å². The van der Waals surface area contributed by atoms with Crippen molar-refractivity contribution in [3.63, 3.8) is 0 Å². The first kappa shape index (κ1) is 18.4. The van der Waals surface area contributed by atoms with Crippen LogP contribution >= 0.6 is 17.0 Å². The van der Waals surface area contributed by atoms with E-state index in [1.54, 1.807) is 20.3 Å². The summed E-state index contributed by atoms with van der Waals surface area (Å²) in [6.45, 7) is 2.18. The molecule has 0 spiro atoms. The van der Waals surface area contributed by atoms with Gasteiger partial charge in [0.25, 0.3) is 0 Å². The lowest BCUT2D eigenvalue weighted by atomic mass is 9.85. The molecule has 3 aromatic rings. The lowest BCUT2D eigenvalue weighted by Gasteiger charge is -2.33. The number of methoxy groups -OCH3 is 2. The molecular weight excluding hydrogens is 406 g/mol. The Morgan fingerprint density at radius 3 is 2.37 bits per heavy atom. The van der Waals surface area contributed by atoms with E-state index in [4.69, 9.17) is 9.47 Å². The molecule has 0 unspecified atom stereocenters. The highest BCUT2D eigenvalue weighted by Crippen LogP contribution is 2.44. The van der Waals surface area contributed by atoms with Crippen LogP contribution in [0.15, 0.2) is 30.3 Å². The number of aromatic hydroxyl groups is 1. The molecule has 0 aliphatic carbocycles. The fraction of sp³-hybridized carbons (Fsp3) is 0.364. The van der Waals surface area contributed by atoms with Crippen LogP contribution in [-0.4, -0.2) is 36.8 Å². The average molecular weight is 430 g/mol. The van der Waals surface area contributed by atoms with Gasteiger partial charge < -0.3 is 14.6 Å².